The third-order valence-corrected chi connectivity index (χ3v) is 5.72. The minimum Gasteiger partial charge on any atom is -0.287 e. The van der Waals surface area contributed by atoms with Crippen LogP contribution in [0.25, 0.3) is 0 Å². The molecule has 0 amide bonds. The molecule has 0 aliphatic carbocycles. The lowest BCUT2D eigenvalue weighted by Gasteiger charge is -2.31. The minimum atomic E-state index is 0.268. The first-order valence-corrected chi connectivity index (χ1v) is 8.46. The Morgan fingerprint density at radius 3 is 2.29 bits per heavy atom. The van der Waals surface area contributed by atoms with Crippen molar-refractivity contribution in [3.05, 3.63) is 0 Å². The third kappa shape index (κ3) is 3.53. The number of hydrogen-bond donors (Lipinski definition) is 0. The highest BCUT2D eigenvalue weighted by Gasteiger charge is 2.26. The first-order valence-electron chi connectivity index (χ1n) is 6.24. The molecule has 2 aliphatic heterocycles. The van der Waals surface area contributed by atoms with Crippen LogP contribution in [0.2, 0.25) is 0 Å². The molecular weight excluding hydrogens is 252 g/mol. The summed E-state index contributed by atoms with van der Waals surface area (Å²) in [6, 6.07) is 0. The number of hydrazine groups is 1. The van der Waals surface area contributed by atoms with Crippen LogP contribution in [0.15, 0.2) is 4.99 Å². The quantitative estimate of drug-likeness (QED) is 0.719. The molecule has 2 aliphatic rings. The fourth-order valence-electron chi connectivity index (χ4n) is 2.04. The number of amidine groups is 1. The Kier molecular flexibility index (Phi) is 5.02. The average Bonchev–Trinajstić information content (AvgIpc) is 2.65. The first kappa shape index (κ1) is 13.5. The topological polar surface area (TPSA) is 22.1 Å². The van der Waals surface area contributed by atoms with Gasteiger partial charge in [-0.2, -0.15) is 0 Å². The molecule has 0 bridgehead atoms. The largest absolute Gasteiger partial charge is 0.287 e. The molecule has 0 saturated carbocycles. The monoisotopic (exact) mass is 274 g/mol. The van der Waals surface area contributed by atoms with Gasteiger partial charge in [0, 0.05) is 20.1 Å². The summed E-state index contributed by atoms with van der Waals surface area (Å²) in [4.78, 5) is 6.90. The summed E-state index contributed by atoms with van der Waals surface area (Å²) in [5.41, 5.74) is 0.268. The Hall–Kier alpha value is 0.0900. The van der Waals surface area contributed by atoms with Crippen LogP contribution in [0, 0.1) is 0 Å². The van der Waals surface area contributed by atoms with E-state index in [1.54, 1.807) is 10.8 Å². The predicted octanol–water partition coefficient (Wildman–Crippen LogP) is 2.31. The van der Waals surface area contributed by atoms with Gasteiger partial charge in [-0.05, 0) is 48.5 Å². The summed E-state index contributed by atoms with van der Waals surface area (Å²) in [5, 5.41) is 5.85. The summed E-state index contributed by atoms with van der Waals surface area (Å²) in [6.45, 7) is 2.35. The van der Waals surface area contributed by atoms with E-state index in [1.807, 2.05) is 10.8 Å². The van der Waals surface area contributed by atoms with E-state index in [1.165, 1.54) is 38.8 Å². The van der Waals surface area contributed by atoms with Crippen molar-refractivity contribution in [1.82, 2.24) is 14.9 Å². The summed E-state index contributed by atoms with van der Waals surface area (Å²) < 4.78 is 0. The van der Waals surface area contributed by atoms with Crippen molar-refractivity contribution in [2.75, 3.05) is 34.2 Å². The van der Waals surface area contributed by atoms with Crippen LogP contribution in [-0.4, -0.2) is 59.8 Å². The highest BCUT2D eigenvalue weighted by molar-refractivity contribution is 8.82. The molecular formula is C11H22N4S2. The van der Waals surface area contributed by atoms with E-state index in [0.29, 0.717) is 0 Å². The van der Waals surface area contributed by atoms with E-state index in [2.05, 4.69) is 36.1 Å². The standard InChI is InChI=1S/C11H22N4S2/c1-13(2)10-12-11(17-16-10)14(3)15-8-6-4-5-7-9-15/h10H,4-9H2,1-3H3. The van der Waals surface area contributed by atoms with Crippen LogP contribution in [0.5, 0.6) is 0 Å². The maximum absolute atomic E-state index is 4.75. The zero-order valence-corrected chi connectivity index (χ0v) is 12.6. The van der Waals surface area contributed by atoms with Crippen LogP contribution < -0.4 is 0 Å². The highest BCUT2D eigenvalue weighted by atomic mass is 33.1. The van der Waals surface area contributed by atoms with E-state index >= 15 is 0 Å². The molecule has 0 radical (unpaired) electrons. The predicted molar refractivity (Wildman–Crippen MR) is 77.9 cm³/mol. The molecule has 17 heavy (non-hydrogen) atoms. The van der Waals surface area contributed by atoms with Gasteiger partial charge in [-0.3, -0.25) is 9.91 Å². The molecule has 0 N–H and O–H groups in total. The summed E-state index contributed by atoms with van der Waals surface area (Å²) in [6.07, 6.45) is 5.37. The lowest BCUT2D eigenvalue weighted by Crippen LogP contribution is -2.42. The minimum absolute atomic E-state index is 0.268. The Labute approximate surface area is 112 Å². The van der Waals surface area contributed by atoms with Crippen molar-refractivity contribution in [3.8, 4) is 0 Å². The van der Waals surface area contributed by atoms with Crippen LogP contribution >= 0.6 is 21.6 Å². The van der Waals surface area contributed by atoms with Gasteiger partial charge in [0.1, 0.15) is 0 Å². The summed E-state index contributed by atoms with van der Waals surface area (Å²) in [7, 11) is 9.93. The molecule has 1 atom stereocenters. The van der Waals surface area contributed by atoms with Crippen molar-refractivity contribution in [1.29, 1.82) is 0 Å². The molecule has 1 fully saturated rings. The number of rotatable bonds is 2. The third-order valence-electron chi connectivity index (χ3n) is 3.15. The Bertz CT molecular complexity index is 275. The molecule has 2 heterocycles. The first-order chi connectivity index (χ1) is 8.18. The van der Waals surface area contributed by atoms with Crippen LogP contribution in [0.3, 0.4) is 0 Å². The van der Waals surface area contributed by atoms with Crippen LogP contribution in [0.1, 0.15) is 25.7 Å². The fourth-order valence-corrected chi connectivity index (χ4v) is 4.57. The molecule has 0 spiro atoms. The second kappa shape index (κ2) is 6.31. The normalized spacial score (nSPS) is 27.1. The summed E-state index contributed by atoms with van der Waals surface area (Å²) >= 11 is 0. The van der Waals surface area contributed by atoms with Crippen molar-refractivity contribution < 1.29 is 0 Å². The molecule has 0 aromatic heterocycles. The van der Waals surface area contributed by atoms with Gasteiger partial charge in [0.2, 0.25) is 0 Å². The maximum atomic E-state index is 4.75. The van der Waals surface area contributed by atoms with Gasteiger partial charge in [0.05, 0.1) is 0 Å². The maximum Gasteiger partial charge on any atom is 0.187 e. The number of nitrogens with zero attached hydrogens (tertiary/aromatic N) is 4. The molecule has 6 heteroatoms. The van der Waals surface area contributed by atoms with Gasteiger partial charge in [0.25, 0.3) is 0 Å². The Morgan fingerprint density at radius 2 is 1.76 bits per heavy atom. The highest BCUT2D eigenvalue weighted by Crippen LogP contribution is 2.38. The zero-order valence-electron chi connectivity index (χ0n) is 10.9. The molecule has 4 nitrogen and oxygen atoms in total. The van der Waals surface area contributed by atoms with Gasteiger partial charge in [-0.1, -0.05) is 12.8 Å². The SMILES string of the molecule is CN(C)C1N=C(N(C)N2CCCCCC2)SS1. The average molecular weight is 274 g/mol. The lowest BCUT2D eigenvalue weighted by molar-refractivity contribution is 0.0775. The Balaban J connectivity index is 1.94. The van der Waals surface area contributed by atoms with Gasteiger partial charge in [-0.15, -0.1) is 0 Å². The van der Waals surface area contributed by atoms with Gasteiger partial charge in [0.15, 0.2) is 10.7 Å². The second-order valence-corrected chi connectivity index (χ2v) is 7.00. The number of aliphatic imine (C=N–C) groups is 1. The molecule has 0 aromatic rings. The second-order valence-electron chi connectivity index (χ2n) is 4.77. The van der Waals surface area contributed by atoms with Crippen molar-refractivity contribution in [2.24, 2.45) is 4.99 Å². The van der Waals surface area contributed by atoms with E-state index in [-0.39, 0.29) is 5.50 Å². The van der Waals surface area contributed by atoms with Crippen LogP contribution in [0.4, 0.5) is 0 Å². The number of hydrogen-bond acceptors (Lipinski definition) is 6. The lowest BCUT2D eigenvalue weighted by atomic mass is 10.2. The van der Waals surface area contributed by atoms with E-state index in [9.17, 15) is 0 Å². The smallest absolute Gasteiger partial charge is 0.187 e. The van der Waals surface area contributed by atoms with Crippen molar-refractivity contribution >= 4 is 26.8 Å². The van der Waals surface area contributed by atoms with E-state index in [4.69, 9.17) is 4.99 Å². The Morgan fingerprint density at radius 1 is 1.12 bits per heavy atom. The zero-order chi connectivity index (χ0) is 12.3. The van der Waals surface area contributed by atoms with Crippen molar-refractivity contribution in [2.45, 2.75) is 31.2 Å². The summed E-state index contributed by atoms with van der Waals surface area (Å²) in [5.74, 6) is 0. The molecule has 98 valence electrons. The van der Waals surface area contributed by atoms with E-state index in [0.717, 1.165) is 5.17 Å². The van der Waals surface area contributed by atoms with Gasteiger partial charge in [-0.25, -0.2) is 10.0 Å². The van der Waals surface area contributed by atoms with Crippen LogP contribution in [-0.2, 0) is 0 Å². The van der Waals surface area contributed by atoms with E-state index < -0.39 is 0 Å². The van der Waals surface area contributed by atoms with Gasteiger partial charge >= 0.3 is 0 Å². The fraction of sp³-hybridized carbons (Fsp3) is 0.909. The van der Waals surface area contributed by atoms with Gasteiger partial charge < -0.3 is 0 Å². The molecule has 2 rings (SSSR count). The molecule has 1 saturated heterocycles. The molecule has 0 aromatic carbocycles. The molecule has 1 unspecified atom stereocenters. The van der Waals surface area contributed by atoms with Crippen molar-refractivity contribution in [3.63, 3.8) is 0 Å².